The fourth-order valence-corrected chi connectivity index (χ4v) is 1.87. The summed E-state index contributed by atoms with van der Waals surface area (Å²) in [6.07, 6.45) is -2.42. The van der Waals surface area contributed by atoms with E-state index < -0.39 is 29.7 Å². The van der Waals surface area contributed by atoms with Gasteiger partial charge in [-0.3, -0.25) is 4.79 Å². The second kappa shape index (κ2) is 8.64. The van der Waals surface area contributed by atoms with Crippen LogP contribution >= 0.6 is 0 Å². The molecule has 128 valence electrons. The van der Waals surface area contributed by atoms with Crippen LogP contribution in [0.3, 0.4) is 0 Å². The third-order valence-electron chi connectivity index (χ3n) is 2.78. The van der Waals surface area contributed by atoms with Gasteiger partial charge in [0.15, 0.2) is 0 Å². The second-order valence-corrected chi connectivity index (χ2v) is 6.30. The van der Waals surface area contributed by atoms with Crippen molar-refractivity contribution in [2.24, 2.45) is 0 Å². The number of carbonyl (C=O) groups excluding carboxylic acids is 2. The monoisotopic (exact) mass is 324 g/mol. The number of carbonyl (C=O) groups is 2. The highest BCUT2D eigenvalue weighted by molar-refractivity contribution is 5.89. The lowest BCUT2D eigenvalue weighted by Gasteiger charge is -2.21. The van der Waals surface area contributed by atoms with E-state index >= 15 is 0 Å². The van der Waals surface area contributed by atoms with Crippen LogP contribution in [0.1, 0.15) is 44.0 Å². The second-order valence-electron chi connectivity index (χ2n) is 6.30. The van der Waals surface area contributed by atoms with E-state index in [1.165, 1.54) is 0 Å². The Labute approximate surface area is 136 Å². The highest BCUT2D eigenvalue weighted by Crippen LogP contribution is 2.12. The summed E-state index contributed by atoms with van der Waals surface area (Å²) in [5, 5.41) is 19.5. The smallest absolute Gasteiger partial charge is 0.338 e. The van der Waals surface area contributed by atoms with Gasteiger partial charge in [0.25, 0.3) is 0 Å². The minimum Gasteiger partial charge on any atom is -0.460 e. The molecule has 0 saturated heterocycles. The molecular weight excluding hydrogens is 300 g/mol. The highest BCUT2D eigenvalue weighted by atomic mass is 16.6. The lowest BCUT2D eigenvalue weighted by molar-refractivity contribution is -0.157. The molecular formula is C17H24O6. The lowest BCUT2D eigenvalue weighted by atomic mass is 10.1. The van der Waals surface area contributed by atoms with E-state index in [1.807, 2.05) is 0 Å². The van der Waals surface area contributed by atoms with Crippen LogP contribution in [0.5, 0.6) is 0 Å². The number of hydrogen-bond acceptors (Lipinski definition) is 6. The number of aliphatic hydroxyl groups is 2. The summed E-state index contributed by atoms with van der Waals surface area (Å²) in [4.78, 5) is 23.3. The van der Waals surface area contributed by atoms with Crippen LogP contribution in [0.4, 0.5) is 0 Å². The minimum absolute atomic E-state index is 0.0820. The van der Waals surface area contributed by atoms with Gasteiger partial charge in [0, 0.05) is 6.42 Å². The molecule has 2 N–H and O–H groups in total. The largest absolute Gasteiger partial charge is 0.460 e. The van der Waals surface area contributed by atoms with Crippen molar-refractivity contribution in [2.75, 3.05) is 6.61 Å². The molecule has 0 aromatic heterocycles. The Bertz CT molecular complexity index is 506. The van der Waals surface area contributed by atoms with Gasteiger partial charge in [-0.15, -0.1) is 0 Å². The van der Waals surface area contributed by atoms with Crippen molar-refractivity contribution in [3.05, 3.63) is 35.9 Å². The predicted octanol–water partition coefficient (Wildman–Crippen LogP) is 1.69. The molecule has 2 atom stereocenters. The zero-order chi connectivity index (χ0) is 17.5. The summed E-state index contributed by atoms with van der Waals surface area (Å²) in [7, 11) is 0. The summed E-state index contributed by atoms with van der Waals surface area (Å²) in [5.74, 6) is -1.09. The molecule has 2 unspecified atom stereocenters. The molecule has 6 nitrogen and oxygen atoms in total. The average molecular weight is 324 g/mol. The normalized spacial score (nSPS) is 14.0. The van der Waals surface area contributed by atoms with Gasteiger partial charge >= 0.3 is 11.9 Å². The van der Waals surface area contributed by atoms with Crippen molar-refractivity contribution in [1.29, 1.82) is 0 Å². The van der Waals surface area contributed by atoms with Crippen molar-refractivity contribution in [1.82, 2.24) is 0 Å². The molecule has 0 aliphatic heterocycles. The highest BCUT2D eigenvalue weighted by Gasteiger charge is 2.21. The van der Waals surface area contributed by atoms with Crippen LogP contribution in [0.25, 0.3) is 0 Å². The number of esters is 2. The van der Waals surface area contributed by atoms with Crippen molar-refractivity contribution < 1.29 is 29.3 Å². The average Bonchev–Trinajstić information content (AvgIpc) is 2.43. The minimum atomic E-state index is -1.06. The molecule has 1 aromatic carbocycles. The van der Waals surface area contributed by atoms with E-state index in [1.54, 1.807) is 51.1 Å². The Hall–Kier alpha value is -1.92. The first kappa shape index (κ1) is 19.1. The molecule has 1 rings (SSSR count). The molecule has 0 fully saturated rings. The van der Waals surface area contributed by atoms with E-state index in [4.69, 9.17) is 9.47 Å². The topological polar surface area (TPSA) is 93.1 Å². The van der Waals surface area contributed by atoms with Crippen LogP contribution in [0, 0.1) is 0 Å². The van der Waals surface area contributed by atoms with Gasteiger partial charge in [0.2, 0.25) is 0 Å². The standard InChI is InChI=1S/C17H24O6/c1-17(2,3)23-15(20)10-13(18)9-14(19)11-22-16(21)12-7-5-4-6-8-12/h4-8,13-14,18-19H,9-11H2,1-3H3. The quantitative estimate of drug-likeness (QED) is 0.741. The van der Waals surface area contributed by atoms with Crippen LogP contribution < -0.4 is 0 Å². The van der Waals surface area contributed by atoms with Crippen LogP contribution in [-0.4, -0.2) is 46.6 Å². The van der Waals surface area contributed by atoms with Crippen LogP contribution in [-0.2, 0) is 14.3 Å². The zero-order valence-corrected chi connectivity index (χ0v) is 13.7. The summed E-state index contributed by atoms with van der Waals surface area (Å²) in [6, 6.07) is 8.39. The summed E-state index contributed by atoms with van der Waals surface area (Å²) >= 11 is 0. The van der Waals surface area contributed by atoms with Crippen molar-refractivity contribution in [2.45, 2.75) is 51.4 Å². The van der Waals surface area contributed by atoms with E-state index in [9.17, 15) is 19.8 Å². The van der Waals surface area contributed by atoms with E-state index in [-0.39, 0.29) is 19.4 Å². The number of rotatable bonds is 7. The third-order valence-corrected chi connectivity index (χ3v) is 2.78. The maximum Gasteiger partial charge on any atom is 0.338 e. The fourth-order valence-electron chi connectivity index (χ4n) is 1.87. The van der Waals surface area contributed by atoms with Crippen LogP contribution in [0.2, 0.25) is 0 Å². The molecule has 0 aliphatic rings. The molecule has 0 amide bonds. The molecule has 6 heteroatoms. The summed E-state index contributed by atoms with van der Waals surface area (Å²) in [5.41, 5.74) is -0.241. The Morgan fingerprint density at radius 1 is 1.09 bits per heavy atom. The van der Waals surface area contributed by atoms with Crippen molar-refractivity contribution in [3.63, 3.8) is 0 Å². The van der Waals surface area contributed by atoms with Gasteiger partial charge in [-0.2, -0.15) is 0 Å². The molecule has 0 spiro atoms. The Balaban J connectivity index is 2.31. The SMILES string of the molecule is CC(C)(C)OC(=O)CC(O)CC(O)COC(=O)c1ccccc1. The predicted molar refractivity (Wildman–Crippen MR) is 83.8 cm³/mol. The first-order valence-corrected chi connectivity index (χ1v) is 7.47. The van der Waals surface area contributed by atoms with Crippen molar-refractivity contribution in [3.8, 4) is 0 Å². The summed E-state index contributed by atoms with van der Waals surface area (Å²) < 4.78 is 10.0. The summed E-state index contributed by atoms with van der Waals surface area (Å²) in [6.45, 7) is 4.94. The number of benzene rings is 1. The molecule has 0 heterocycles. The van der Waals surface area contributed by atoms with E-state index in [0.717, 1.165) is 0 Å². The Morgan fingerprint density at radius 2 is 1.70 bits per heavy atom. The van der Waals surface area contributed by atoms with Gasteiger partial charge in [-0.1, -0.05) is 18.2 Å². The number of ether oxygens (including phenoxy) is 2. The number of hydrogen-bond donors (Lipinski definition) is 2. The van der Waals surface area contributed by atoms with E-state index in [2.05, 4.69) is 0 Å². The van der Waals surface area contributed by atoms with Gasteiger partial charge in [0.05, 0.1) is 24.2 Å². The third kappa shape index (κ3) is 8.32. The van der Waals surface area contributed by atoms with E-state index in [0.29, 0.717) is 5.56 Å². The molecule has 0 saturated carbocycles. The van der Waals surface area contributed by atoms with Crippen molar-refractivity contribution >= 4 is 11.9 Å². The lowest BCUT2D eigenvalue weighted by Crippen LogP contribution is -2.29. The molecule has 23 heavy (non-hydrogen) atoms. The van der Waals surface area contributed by atoms with Gasteiger partial charge in [-0.25, -0.2) is 4.79 Å². The molecule has 1 aromatic rings. The van der Waals surface area contributed by atoms with Gasteiger partial charge in [0.1, 0.15) is 12.2 Å². The number of aliphatic hydroxyl groups excluding tert-OH is 2. The molecule has 0 radical (unpaired) electrons. The molecule has 0 bridgehead atoms. The Morgan fingerprint density at radius 3 is 2.26 bits per heavy atom. The van der Waals surface area contributed by atoms with Crippen LogP contribution in [0.15, 0.2) is 30.3 Å². The van der Waals surface area contributed by atoms with Gasteiger partial charge < -0.3 is 19.7 Å². The first-order chi connectivity index (χ1) is 10.7. The zero-order valence-electron chi connectivity index (χ0n) is 13.7. The molecule has 0 aliphatic carbocycles. The fraction of sp³-hybridized carbons (Fsp3) is 0.529. The van der Waals surface area contributed by atoms with Gasteiger partial charge in [-0.05, 0) is 32.9 Å². The Kier molecular flexibility index (Phi) is 7.19. The maximum absolute atomic E-state index is 11.7. The maximum atomic E-state index is 11.7. The first-order valence-electron chi connectivity index (χ1n) is 7.47.